The summed E-state index contributed by atoms with van der Waals surface area (Å²) < 4.78 is 37.9. The molecular formula is C11H8F3N3O. The standard InChI is InChI=1S/C11H8F3N3O/c1-17-9(7-5-3-2-4-6-7)15-16-10(17)8(18)11(12,13)14/h2-6H,1H3. The Kier molecular flexibility index (Phi) is 2.90. The van der Waals surface area contributed by atoms with Gasteiger partial charge in [-0.3, -0.25) is 4.79 Å². The van der Waals surface area contributed by atoms with Crippen LogP contribution in [0.5, 0.6) is 0 Å². The molecule has 0 N–H and O–H groups in total. The monoisotopic (exact) mass is 255 g/mol. The largest absolute Gasteiger partial charge is 0.458 e. The van der Waals surface area contributed by atoms with Crippen LogP contribution in [0.15, 0.2) is 30.3 Å². The Balaban J connectivity index is 2.45. The second-order valence-corrected chi connectivity index (χ2v) is 3.60. The molecule has 1 aromatic carbocycles. The van der Waals surface area contributed by atoms with Crippen LogP contribution >= 0.6 is 0 Å². The molecule has 0 aliphatic rings. The second-order valence-electron chi connectivity index (χ2n) is 3.60. The summed E-state index contributed by atoms with van der Waals surface area (Å²) in [6.45, 7) is 0. The molecule has 7 heteroatoms. The van der Waals surface area contributed by atoms with Crippen molar-refractivity contribution < 1.29 is 18.0 Å². The third-order valence-electron chi connectivity index (χ3n) is 2.37. The van der Waals surface area contributed by atoms with Crippen LogP contribution in [0.2, 0.25) is 0 Å². The van der Waals surface area contributed by atoms with Crippen molar-refractivity contribution in [3.63, 3.8) is 0 Å². The first-order valence-corrected chi connectivity index (χ1v) is 4.97. The van der Waals surface area contributed by atoms with Crippen molar-refractivity contribution in [1.29, 1.82) is 0 Å². The molecule has 1 aromatic heterocycles. The van der Waals surface area contributed by atoms with Crippen molar-refractivity contribution in [2.45, 2.75) is 6.18 Å². The average Bonchev–Trinajstić information content (AvgIpc) is 2.70. The first kappa shape index (κ1) is 12.3. The first-order chi connectivity index (χ1) is 8.41. The summed E-state index contributed by atoms with van der Waals surface area (Å²) in [4.78, 5) is 11.1. The Morgan fingerprint density at radius 2 is 1.78 bits per heavy atom. The maximum Gasteiger partial charge on any atom is 0.458 e. The molecule has 0 spiro atoms. The van der Waals surface area contributed by atoms with Crippen LogP contribution < -0.4 is 0 Å². The number of aromatic nitrogens is 3. The van der Waals surface area contributed by atoms with Gasteiger partial charge in [0.15, 0.2) is 5.82 Å². The van der Waals surface area contributed by atoms with E-state index in [-0.39, 0.29) is 5.82 Å². The topological polar surface area (TPSA) is 47.8 Å². The Bertz CT molecular complexity index is 575. The highest BCUT2D eigenvalue weighted by molar-refractivity contribution is 5.97. The maximum absolute atomic E-state index is 12.3. The first-order valence-electron chi connectivity index (χ1n) is 4.97. The normalized spacial score (nSPS) is 11.6. The zero-order chi connectivity index (χ0) is 13.3. The summed E-state index contributed by atoms with van der Waals surface area (Å²) in [6.07, 6.45) is -4.95. The van der Waals surface area contributed by atoms with Crippen LogP contribution in [0.3, 0.4) is 0 Å². The molecule has 4 nitrogen and oxygen atoms in total. The fourth-order valence-electron chi connectivity index (χ4n) is 1.49. The van der Waals surface area contributed by atoms with E-state index in [9.17, 15) is 18.0 Å². The van der Waals surface area contributed by atoms with Crippen LogP contribution in [-0.4, -0.2) is 26.7 Å². The molecule has 18 heavy (non-hydrogen) atoms. The van der Waals surface area contributed by atoms with Gasteiger partial charge in [0, 0.05) is 12.6 Å². The van der Waals surface area contributed by atoms with Crippen molar-refractivity contribution in [3.8, 4) is 11.4 Å². The lowest BCUT2D eigenvalue weighted by Crippen LogP contribution is -2.25. The number of hydrogen-bond donors (Lipinski definition) is 0. The van der Waals surface area contributed by atoms with E-state index in [1.165, 1.54) is 7.05 Å². The smallest absolute Gasteiger partial charge is 0.307 e. The molecule has 2 rings (SSSR count). The molecule has 0 unspecified atom stereocenters. The highest BCUT2D eigenvalue weighted by Crippen LogP contribution is 2.23. The molecule has 0 aliphatic carbocycles. The number of hydrogen-bond acceptors (Lipinski definition) is 3. The van der Waals surface area contributed by atoms with Crippen LogP contribution in [0.25, 0.3) is 11.4 Å². The van der Waals surface area contributed by atoms with E-state index in [4.69, 9.17) is 0 Å². The van der Waals surface area contributed by atoms with Gasteiger partial charge in [0.2, 0.25) is 5.82 Å². The molecule has 0 bridgehead atoms. The summed E-state index contributed by atoms with van der Waals surface area (Å²) in [7, 11) is 1.32. The number of alkyl halides is 3. The average molecular weight is 255 g/mol. The van der Waals surface area contributed by atoms with Gasteiger partial charge in [0.1, 0.15) is 0 Å². The quantitative estimate of drug-likeness (QED) is 0.773. The highest BCUT2D eigenvalue weighted by Gasteiger charge is 2.42. The number of benzene rings is 1. The molecule has 2 aromatic rings. The maximum atomic E-state index is 12.3. The van der Waals surface area contributed by atoms with Gasteiger partial charge in [-0.15, -0.1) is 10.2 Å². The predicted molar refractivity (Wildman–Crippen MR) is 56.8 cm³/mol. The lowest BCUT2D eigenvalue weighted by Gasteiger charge is -2.05. The number of halogens is 3. The summed E-state index contributed by atoms with van der Waals surface area (Å²) in [5.74, 6) is -2.51. The van der Waals surface area contributed by atoms with Crippen molar-refractivity contribution in [2.75, 3.05) is 0 Å². The van der Waals surface area contributed by atoms with E-state index in [2.05, 4.69) is 10.2 Å². The molecule has 0 fully saturated rings. The Morgan fingerprint density at radius 3 is 2.33 bits per heavy atom. The van der Waals surface area contributed by atoms with Crippen LogP contribution in [0, 0.1) is 0 Å². The van der Waals surface area contributed by atoms with Gasteiger partial charge in [-0.25, -0.2) is 0 Å². The van der Waals surface area contributed by atoms with E-state index in [0.29, 0.717) is 5.56 Å². The van der Waals surface area contributed by atoms with Crippen molar-refractivity contribution in [3.05, 3.63) is 36.2 Å². The van der Waals surface area contributed by atoms with Crippen LogP contribution in [0.1, 0.15) is 10.6 Å². The van der Waals surface area contributed by atoms with Gasteiger partial charge >= 0.3 is 12.0 Å². The Morgan fingerprint density at radius 1 is 1.17 bits per heavy atom. The number of carbonyl (C=O) groups is 1. The number of Topliss-reactive ketones (excluding diaryl/α,β-unsaturated/α-hetero) is 1. The van der Waals surface area contributed by atoms with E-state index in [1.807, 2.05) is 0 Å². The fraction of sp³-hybridized carbons (Fsp3) is 0.182. The van der Waals surface area contributed by atoms with Crippen LogP contribution in [-0.2, 0) is 7.05 Å². The number of nitrogens with zero attached hydrogens (tertiary/aromatic N) is 3. The van der Waals surface area contributed by atoms with Gasteiger partial charge in [-0.1, -0.05) is 30.3 Å². The van der Waals surface area contributed by atoms with Gasteiger partial charge in [0.25, 0.3) is 0 Å². The van der Waals surface area contributed by atoms with E-state index in [0.717, 1.165) is 4.57 Å². The van der Waals surface area contributed by atoms with Gasteiger partial charge in [0.05, 0.1) is 0 Å². The van der Waals surface area contributed by atoms with E-state index in [1.54, 1.807) is 30.3 Å². The minimum absolute atomic E-state index is 0.211. The molecular weight excluding hydrogens is 247 g/mol. The molecule has 0 atom stereocenters. The van der Waals surface area contributed by atoms with Gasteiger partial charge in [-0.2, -0.15) is 13.2 Å². The third kappa shape index (κ3) is 2.11. The molecule has 94 valence electrons. The minimum Gasteiger partial charge on any atom is -0.307 e. The molecule has 0 saturated heterocycles. The SMILES string of the molecule is Cn1c(C(=O)C(F)(F)F)nnc1-c1ccccc1. The van der Waals surface area contributed by atoms with Crippen LogP contribution in [0.4, 0.5) is 13.2 Å². The number of ketones is 1. The lowest BCUT2D eigenvalue weighted by molar-refractivity contribution is -0.0893. The summed E-state index contributed by atoms with van der Waals surface area (Å²) in [5.41, 5.74) is 0.591. The molecule has 0 aliphatic heterocycles. The molecule has 0 radical (unpaired) electrons. The summed E-state index contributed by atoms with van der Waals surface area (Å²) >= 11 is 0. The summed E-state index contributed by atoms with van der Waals surface area (Å²) in [5, 5.41) is 6.91. The Hall–Kier alpha value is -2.18. The van der Waals surface area contributed by atoms with Gasteiger partial charge in [-0.05, 0) is 0 Å². The zero-order valence-electron chi connectivity index (χ0n) is 9.27. The minimum atomic E-state index is -4.95. The second kappa shape index (κ2) is 4.25. The lowest BCUT2D eigenvalue weighted by atomic mass is 10.2. The molecule has 0 saturated carbocycles. The van der Waals surface area contributed by atoms with E-state index < -0.39 is 17.8 Å². The highest BCUT2D eigenvalue weighted by atomic mass is 19.4. The number of carbonyl (C=O) groups excluding carboxylic acids is 1. The van der Waals surface area contributed by atoms with Gasteiger partial charge < -0.3 is 4.57 Å². The molecule has 0 amide bonds. The zero-order valence-corrected chi connectivity index (χ0v) is 9.27. The van der Waals surface area contributed by atoms with Crippen molar-refractivity contribution in [2.24, 2.45) is 7.05 Å². The fourth-order valence-corrected chi connectivity index (χ4v) is 1.49. The van der Waals surface area contributed by atoms with Crippen molar-refractivity contribution >= 4 is 5.78 Å². The third-order valence-corrected chi connectivity index (χ3v) is 2.37. The Labute approximate surface area is 100 Å². The number of rotatable bonds is 2. The van der Waals surface area contributed by atoms with Crippen molar-refractivity contribution in [1.82, 2.24) is 14.8 Å². The summed E-state index contributed by atoms with van der Waals surface area (Å²) in [6, 6.07) is 8.55. The van der Waals surface area contributed by atoms with E-state index >= 15 is 0 Å². The molecule has 1 heterocycles. The predicted octanol–water partition coefficient (Wildman–Crippen LogP) is 2.23.